The lowest BCUT2D eigenvalue weighted by Crippen LogP contribution is -2.37. The van der Waals surface area contributed by atoms with E-state index in [1.165, 1.54) is 17.5 Å². The number of fused-ring (bicyclic) bond motifs is 1. The Morgan fingerprint density at radius 3 is 2.44 bits per heavy atom. The molecule has 0 saturated carbocycles. The number of hydroxylamine groups is 1. The number of aromatic nitrogens is 1. The van der Waals surface area contributed by atoms with Crippen LogP contribution in [0.15, 0.2) is 48.7 Å². The van der Waals surface area contributed by atoms with Crippen molar-refractivity contribution in [3.63, 3.8) is 0 Å². The standard InChI is InChI=1S/C20H21N3O3S/c1-20(2,3)17(14-9-8-13(11-21-14)18(24)23-26)22-19(25)16-10-12-6-4-5-7-15(12)27-16/h4-11,17,26H,1-3H3,(H,22,25)(H,23,24)/t17-/m1/s1. The average molecular weight is 383 g/mol. The van der Waals surface area contributed by atoms with Crippen molar-refractivity contribution in [2.75, 3.05) is 0 Å². The van der Waals surface area contributed by atoms with Gasteiger partial charge < -0.3 is 5.32 Å². The van der Waals surface area contributed by atoms with Crippen molar-refractivity contribution >= 4 is 33.2 Å². The Morgan fingerprint density at radius 1 is 1.11 bits per heavy atom. The number of benzene rings is 1. The number of rotatable bonds is 4. The summed E-state index contributed by atoms with van der Waals surface area (Å²) < 4.78 is 1.06. The molecule has 3 N–H and O–H groups in total. The topological polar surface area (TPSA) is 91.3 Å². The Kier molecular flexibility index (Phi) is 5.25. The minimum atomic E-state index is -0.629. The van der Waals surface area contributed by atoms with Gasteiger partial charge in [0, 0.05) is 10.9 Å². The largest absolute Gasteiger partial charge is 0.342 e. The van der Waals surface area contributed by atoms with Crippen LogP contribution in [-0.2, 0) is 0 Å². The van der Waals surface area contributed by atoms with E-state index in [2.05, 4.69) is 10.3 Å². The Morgan fingerprint density at radius 2 is 1.85 bits per heavy atom. The molecule has 0 aliphatic carbocycles. The zero-order chi connectivity index (χ0) is 19.6. The van der Waals surface area contributed by atoms with Gasteiger partial charge in [0.25, 0.3) is 11.8 Å². The third kappa shape index (κ3) is 4.15. The van der Waals surface area contributed by atoms with Crippen molar-refractivity contribution in [1.82, 2.24) is 15.8 Å². The van der Waals surface area contributed by atoms with Gasteiger partial charge in [-0.15, -0.1) is 11.3 Å². The van der Waals surface area contributed by atoms with Crippen molar-refractivity contribution < 1.29 is 14.8 Å². The smallest absolute Gasteiger partial charge is 0.276 e. The number of carbonyl (C=O) groups is 2. The third-order valence-electron chi connectivity index (χ3n) is 4.24. The summed E-state index contributed by atoms with van der Waals surface area (Å²) in [6.07, 6.45) is 1.38. The van der Waals surface area contributed by atoms with E-state index in [1.54, 1.807) is 17.6 Å². The van der Waals surface area contributed by atoms with Crippen LogP contribution >= 0.6 is 11.3 Å². The molecule has 0 aliphatic rings. The number of carbonyl (C=O) groups excluding carboxylic acids is 2. The Labute approximate surface area is 161 Å². The van der Waals surface area contributed by atoms with E-state index >= 15 is 0 Å². The normalized spacial score (nSPS) is 12.6. The molecule has 0 unspecified atom stereocenters. The molecule has 2 heterocycles. The van der Waals surface area contributed by atoms with E-state index < -0.39 is 5.91 Å². The summed E-state index contributed by atoms with van der Waals surface area (Å²) in [7, 11) is 0. The lowest BCUT2D eigenvalue weighted by Gasteiger charge is -2.31. The van der Waals surface area contributed by atoms with Gasteiger partial charge in [0.05, 0.1) is 22.2 Å². The highest BCUT2D eigenvalue weighted by atomic mass is 32.1. The molecule has 0 fully saturated rings. The molecule has 0 aliphatic heterocycles. The highest BCUT2D eigenvalue weighted by Crippen LogP contribution is 2.33. The SMILES string of the molecule is CC(C)(C)[C@H](NC(=O)c1cc2ccccc2s1)c1ccc(C(=O)NO)cn1. The summed E-state index contributed by atoms with van der Waals surface area (Å²) in [6.45, 7) is 6.04. The molecule has 1 aromatic carbocycles. The number of thiophene rings is 1. The molecule has 0 radical (unpaired) electrons. The van der Waals surface area contributed by atoms with Gasteiger partial charge in [0.15, 0.2) is 0 Å². The maximum absolute atomic E-state index is 12.8. The molecule has 2 amide bonds. The number of amides is 2. The van der Waals surface area contributed by atoms with Crippen LogP contribution in [0.2, 0.25) is 0 Å². The van der Waals surface area contributed by atoms with Crippen LogP contribution in [0.5, 0.6) is 0 Å². The minimum Gasteiger partial charge on any atom is -0.342 e. The van der Waals surface area contributed by atoms with Crippen molar-refractivity contribution in [3.8, 4) is 0 Å². The van der Waals surface area contributed by atoms with Gasteiger partial charge in [-0.05, 0) is 35.1 Å². The van der Waals surface area contributed by atoms with Crippen LogP contribution in [0, 0.1) is 5.41 Å². The Hall–Kier alpha value is -2.77. The first-order valence-corrected chi connectivity index (χ1v) is 9.31. The molecular weight excluding hydrogens is 362 g/mol. The van der Waals surface area contributed by atoms with Crippen LogP contribution in [0.25, 0.3) is 10.1 Å². The molecular formula is C20H21N3O3S. The van der Waals surface area contributed by atoms with E-state index in [4.69, 9.17) is 5.21 Å². The molecule has 6 nitrogen and oxygen atoms in total. The summed E-state index contributed by atoms with van der Waals surface area (Å²) in [6, 6.07) is 12.7. The van der Waals surface area contributed by atoms with Crippen molar-refractivity contribution in [2.24, 2.45) is 5.41 Å². The highest BCUT2D eigenvalue weighted by Gasteiger charge is 2.30. The second kappa shape index (κ2) is 7.46. The van der Waals surface area contributed by atoms with E-state index in [9.17, 15) is 9.59 Å². The first kappa shape index (κ1) is 19.0. The van der Waals surface area contributed by atoms with Gasteiger partial charge in [-0.1, -0.05) is 39.0 Å². The summed E-state index contributed by atoms with van der Waals surface area (Å²) in [4.78, 5) is 29.3. The number of nitrogens with zero attached hydrogens (tertiary/aromatic N) is 1. The van der Waals surface area contributed by atoms with Gasteiger partial charge >= 0.3 is 0 Å². The summed E-state index contributed by atoms with van der Waals surface area (Å²) in [5.74, 6) is -0.786. The molecule has 7 heteroatoms. The molecule has 2 aromatic heterocycles. The Balaban J connectivity index is 1.87. The maximum Gasteiger partial charge on any atom is 0.276 e. The van der Waals surface area contributed by atoms with Crippen molar-refractivity contribution in [2.45, 2.75) is 26.8 Å². The second-order valence-corrected chi connectivity index (χ2v) is 8.42. The highest BCUT2D eigenvalue weighted by molar-refractivity contribution is 7.20. The summed E-state index contributed by atoms with van der Waals surface area (Å²) in [5, 5.41) is 12.8. The maximum atomic E-state index is 12.8. The van der Waals surface area contributed by atoms with E-state index in [1.807, 2.05) is 51.1 Å². The third-order valence-corrected chi connectivity index (χ3v) is 5.35. The Bertz CT molecular complexity index is 941. The van der Waals surface area contributed by atoms with E-state index in [-0.39, 0.29) is 22.9 Å². The van der Waals surface area contributed by atoms with Crippen LogP contribution in [0.1, 0.15) is 52.5 Å². The van der Waals surface area contributed by atoms with Crippen molar-refractivity contribution in [1.29, 1.82) is 0 Å². The quantitative estimate of drug-likeness (QED) is 0.470. The monoisotopic (exact) mass is 383 g/mol. The average Bonchev–Trinajstić information content (AvgIpc) is 3.09. The van der Waals surface area contributed by atoms with Gasteiger partial charge in [-0.2, -0.15) is 0 Å². The number of pyridine rings is 1. The molecule has 0 saturated heterocycles. The molecule has 3 aromatic rings. The van der Waals surface area contributed by atoms with Crippen molar-refractivity contribution in [3.05, 3.63) is 64.8 Å². The minimum absolute atomic E-state index is 0.157. The fourth-order valence-electron chi connectivity index (χ4n) is 2.81. The molecule has 1 atom stereocenters. The van der Waals surface area contributed by atoms with Gasteiger partial charge in [0.2, 0.25) is 0 Å². The zero-order valence-corrected chi connectivity index (χ0v) is 16.1. The molecule has 27 heavy (non-hydrogen) atoms. The van der Waals surface area contributed by atoms with Crippen LogP contribution in [-0.4, -0.2) is 22.0 Å². The summed E-state index contributed by atoms with van der Waals surface area (Å²) >= 11 is 1.45. The van der Waals surface area contributed by atoms with Crippen LogP contribution < -0.4 is 10.8 Å². The molecule has 140 valence electrons. The fraction of sp³-hybridized carbons (Fsp3) is 0.250. The predicted molar refractivity (Wildman–Crippen MR) is 105 cm³/mol. The lowest BCUT2D eigenvalue weighted by atomic mass is 9.84. The lowest BCUT2D eigenvalue weighted by molar-refractivity contribution is 0.0705. The van der Waals surface area contributed by atoms with Gasteiger partial charge in [-0.25, -0.2) is 5.48 Å². The number of hydrogen-bond acceptors (Lipinski definition) is 5. The number of nitrogens with one attached hydrogen (secondary N) is 2. The zero-order valence-electron chi connectivity index (χ0n) is 15.3. The fourth-order valence-corrected chi connectivity index (χ4v) is 3.77. The first-order valence-electron chi connectivity index (χ1n) is 8.49. The van der Waals surface area contributed by atoms with E-state index in [0.717, 1.165) is 10.1 Å². The molecule has 0 spiro atoms. The predicted octanol–water partition coefficient (Wildman–Crippen LogP) is 3.93. The summed E-state index contributed by atoms with van der Waals surface area (Å²) in [5.41, 5.74) is 2.17. The van der Waals surface area contributed by atoms with Gasteiger partial charge in [-0.3, -0.25) is 19.8 Å². The van der Waals surface area contributed by atoms with Gasteiger partial charge in [0.1, 0.15) is 0 Å². The first-order chi connectivity index (χ1) is 12.8. The van der Waals surface area contributed by atoms with E-state index in [0.29, 0.717) is 10.6 Å². The van der Waals surface area contributed by atoms with Crippen LogP contribution in [0.3, 0.4) is 0 Å². The molecule has 0 bridgehead atoms. The van der Waals surface area contributed by atoms with Crippen LogP contribution in [0.4, 0.5) is 0 Å². The number of hydrogen-bond donors (Lipinski definition) is 3. The molecule has 3 rings (SSSR count). The second-order valence-electron chi connectivity index (χ2n) is 7.33.